The number of ether oxygens (including phenoxy) is 1. The lowest BCUT2D eigenvalue weighted by molar-refractivity contribution is -0.133. The first-order valence-corrected chi connectivity index (χ1v) is 8.69. The van der Waals surface area contributed by atoms with E-state index in [-0.39, 0.29) is 11.8 Å². The number of hydrogen-bond acceptors (Lipinski definition) is 3. The minimum absolute atomic E-state index is 0.120. The Morgan fingerprint density at radius 1 is 1.21 bits per heavy atom. The summed E-state index contributed by atoms with van der Waals surface area (Å²) in [4.78, 5) is 14.8. The highest BCUT2D eigenvalue weighted by atomic mass is 16.5. The van der Waals surface area contributed by atoms with E-state index in [4.69, 9.17) is 10.5 Å². The predicted octanol–water partition coefficient (Wildman–Crippen LogP) is 3.15. The van der Waals surface area contributed by atoms with Gasteiger partial charge in [-0.25, -0.2) is 0 Å². The van der Waals surface area contributed by atoms with Gasteiger partial charge in [-0.1, -0.05) is 24.3 Å². The number of hydrogen-bond donors (Lipinski definition) is 1. The van der Waals surface area contributed by atoms with Crippen LogP contribution in [0.1, 0.15) is 31.2 Å². The third-order valence-electron chi connectivity index (χ3n) is 5.20. The molecule has 1 aliphatic rings. The summed E-state index contributed by atoms with van der Waals surface area (Å²) in [7, 11) is 1.67. The Morgan fingerprint density at radius 2 is 1.88 bits per heavy atom. The van der Waals surface area contributed by atoms with E-state index in [1.165, 1.54) is 0 Å². The normalized spacial score (nSPS) is 17.0. The van der Waals surface area contributed by atoms with Gasteiger partial charge < -0.3 is 15.4 Å². The number of amides is 1. The molecule has 1 saturated heterocycles. The topological polar surface area (TPSA) is 55.6 Å². The first-order valence-electron chi connectivity index (χ1n) is 8.69. The zero-order valence-electron chi connectivity index (χ0n) is 14.5. The van der Waals surface area contributed by atoms with Crippen molar-refractivity contribution in [3.63, 3.8) is 0 Å². The van der Waals surface area contributed by atoms with Crippen molar-refractivity contribution in [3.05, 3.63) is 42.0 Å². The van der Waals surface area contributed by atoms with E-state index in [0.717, 1.165) is 54.6 Å². The Kier molecular flexibility index (Phi) is 5.05. The van der Waals surface area contributed by atoms with Crippen LogP contribution in [0.4, 0.5) is 0 Å². The molecule has 0 aliphatic carbocycles. The van der Waals surface area contributed by atoms with Crippen molar-refractivity contribution in [2.75, 3.05) is 26.7 Å². The summed E-state index contributed by atoms with van der Waals surface area (Å²) in [6, 6.07) is 12.2. The molecule has 0 spiro atoms. The summed E-state index contributed by atoms with van der Waals surface area (Å²) in [5.41, 5.74) is 6.80. The Balaban J connectivity index is 1.75. The maximum absolute atomic E-state index is 12.8. The minimum Gasteiger partial charge on any atom is -0.497 e. The van der Waals surface area contributed by atoms with E-state index >= 15 is 0 Å². The van der Waals surface area contributed by atoms with E-state index in [2.05, 4.69) is 18.2 Å². The molecular formula is C20H26N2O2. The summed E-state index contributed by atoms with van der Waals surface area (Å²) in [5, 5.41) is 2.26. The number of piperidine rings is 1. The first kappa shape index (κ1) is 16.8. The molecule has 1 fully saturated rings. The van der Waals surface area contributed by atoms with Crippen LogP contribution in [-0.2, 0) is 4.79 Å². The van der Waals surface area contributed by atoms with Crippen LogP contribution >= 0.6 is 0 Å². The predicted molar refractivity (Wildman–Crippen MR) is 97.3 cm³/mol. The SMILES string of the molecule is COc1ccc2cc(C(C)C(=O)N3CCC(CN)CC3)ccc2c1. The van der Waals surface area contributed by atoms with Crippen molar-refractivity contribution in [2.24, 2.45) is 11.7 Å². The molecule has 4 nitrogen and oxygen atoms in total. The molecule has 2 N–H and O–H groups in total. The number of likely N-dealkylation sites (tertiary alicyclic amines) is 1. The highest BCUT2D eigenvalue weighted by Crippen LogP contribution is 2.27. The monoisotopic (exact) mass is 326 g/mol. The lowest BCUT2D eigenvalue weighted by Gasteiger charge is -2.33. The second-order valence-electron chi connectivity index (χ2n) is 6.70. The number of carbonyl (C=O) groups excluding carboxylic acids is 1. The van der Waals surface area contributed by atoms with E-state index in [1.807, 2.05) is 30.0 Å². The largest absolute Gasteiger partial charge is 0.497 e. The van der Waals surface area contributed by atoms with Crippen LogP contribution in [0.3, 0.4) is 0 Å². The molecule has 0 aromatic heterocycles. The average molecular weight is 326 g/mol. The number of carbonyl (C=O) groups is 1. The van der Waals surface area contributed by atoms with Gasteiger partial charge in [0.2, 0.25) is 5.91 Å². The Hall–Kier alpha value is -2.07. The molecule has 1 atom stereocenters. The van der Waals surface area contributed by atoms with Gasteiger partial charge in [0.1, 0.15) is 5.75 Å². The average Bonchev–Trinajstić information content (AvgIpc) is 2.66. The molecule has 2 aromatic rings. The van der Waals surface area contributed by atoms with Crippen LogP contribution in [0.15, 0.2) is 36.4 Å². The van der Waals surface area contributed by atoms with Gasteiger partial charge in [0, 0.05) is 13.1 Å². The third kappa shape index (κ3) is 3.39. The van der Waals surface area contributed by atoms with Crippen LogP contribution in [0, 0.1) is 5.92 Å². The van der Waals surface area contributed by atoms with Gasteiger partial charge in [-0.15, -0.1) is 0 Å². The molecule has 1 heterocycles. The molecule has 0 bridgehead atoms. The number of methoxy groups -OCH3 is 1. The second-order valence-corrected chi connectivity index (χ2v) is 6.70. The molecule has 0 saturated carbocycles. The van der Waals surface area contributed by atoms with Crippen LogP contribution < -0.4 is 10.5 Å². The molecular weight excluding hydrogens is 300 g/mol. The van der Waals surface area contributed by atoms with Crippen molar-refractivity contribution in [3.8, 4) is 5.75 Å². The standard InChI is InChI=1S/C20H26N2O2/c1-14(20(23)22-9-7-15(13-21)8-10-22)16-3-4-18-12-19(24-2)6-5-17(18)11-16/h3-6,11-12,14-15H,7-10,13,21H2,1-2H3. The van der Waals surface area contributed by atoms with Gasteiger partial charge in [0.25, 0.3) is 0 Å². The molecule has 24 heavy (non-hydrogen) atoms. The highest BCUT2D eigenvalue weighted by Gasteiger charge is 2.26. The zero-order chi connectivity index (χ0) is 17.1. The summed E-state index contributed by atoms with van der Waals surface area (Å²) < 4.78 is 5.27. The van der Waals surface area contributed by atoms with Gasteiger partial charge in [-0.05, 0) is 60.7 Å². The molecule has 128 valence electrons. The summed E-state index contributed by atoms with van der Waals surface area (Å²) in [6.45, 7) is 4.39. The van der Waals surface area contributed by atoms with Crippen LogP contribution in [0.5, 0.6) is 5.75 Å². The van der Waals surface area contributed by atoms with Gasteiger partial charge in [0.05, 0.1) is 13.0 Å². The Bertz CT molecular complexity index is 721. The Morgan fingerprint density at radius 3 is 2.54 bits per heavy atom. The van der Waals surface area contributed by atoms with Crippen molar-refractivity contribution in [1.82, 2.24) is 4.90 Å². The van der Waals surface area contributed by atoms with Crippen molar-refractivity contribution in [1.29, 1.82) is 0 Å². The fourth-order valence-corrected chi connectivity index (χ4v) is 3.44. The van der Waals surface area contributed by atoms with Crippen molar-refractivity contribution in [2.45, 2.75) is 25.7 Å². The molecule has 1 amide bonds. The van der Waals surface area contributed by atoms with Crippen LogP contribution in [0.25, 0.3) is 10.8 Å². The fourth-order valence-electron chi connectivity index (χ4n) is 3.44. The van der Waals surface area contributed by atoms with Crippen molar-refractivity contribution >= 4 is 16.7 Å². The van der Waals surface area contributed by atoms with Crippen molar-refractivity contribution < 1.29 is 9.53 Å². The molecule has 4 heteroatoms. The number of nitrogens with zero attached hydrogens (tertiary/aromatic N) is 1. The maximum atomic E-state index is 12.8. The maximum Gasteiger partial charge on any atom is 0.229 e. The fraction of sp³-hybridized carbons (Fsp3) is 0.450. The lowest BCUT2D eigenvalue weighted by atomic mass is 9.93. The van der Waals surface area contributed by atoms with Crippen LogP contribution in [0.2, 0.25) is 0 Å². The van der Waals surface area contributed by atoms with E-state index in [1.54, 1.807) is 7.11 Å². The molecule has 1 aliphatic heterocycles. The second kappa shape index (κ2) is 7.22. The Labute approximate surface area is 143 Å². The number of nitrogens with two attached hydrogens (primary N) is 1. The summed E-state index contributed by atoms with van der Waals surface area (Å²) in [6.07, 6.45) is 2.04. The smallest absolute Gasteiger partial charge is 0.229 e. The third-order valence-corrected chi connectivity index (χ3v) is 5.20. The lowest BCUT2D eigenvalue weighted by Crippen LogP contribution is -2.41. The van der Waals surface area contributed by atoms with Gasteiger partial charge >= 0.3 is 0 Å². The minimum atomic E-state index is -0.120. The molecule has 0 radical (unpaired) electrons. The van der Waals surface area contributed by atoms with Gasteiger partial charge in [-0.3, -0.25) is 4.79 Å². The number of benzene rings is 2. The number of fused-ring (bicyclic) bond motifs is 1. The van der Waals surface area contributed by atoms with E-state index in [9.17, 15) is 4.79 Å². The highest BCUT2D eigenvalue weighted by molar-refractivity contribution is 5.88. The quantitative estimate of drug-likeness (QED) is 0.939. The van der Waals surface area contributed by atoms with Crippen LogP contribution in [-0.4, -0.2) is 37.6 Å². The van der Waals surface area contributed by atoms with E-state index < -0.39 is 0 Å². The zero-order valence-corrected chi connectivity index (χ0v) is 14.5. The van der Waals surface area contributed by atoms with Gasteiger partial charge in [0.15, 0.2) is 0 Å². The molecule has 2 aromatic carbocycles. The number of rotatable bonds is 4. The van der Waals surface area contributed by atoms with Gasteiger partial charge in [-0.2, -0.15) is 0 Å². The summed E-state index contributed by atoms with van der Waals surface area (Å²) >= 11 is 0. The molecule has 3 rings (SSSR count). The van der Waals surface area contributed by atoms with E-state index in [0.29, 0.717) is 5.92 Å². The summed E-state index contributed by atoms with van der Waals surface area (Å²) in [5.74, 6) is 1.52. The first-order chi connectivity index (χ1) is 11.6. The molecule has 1 unspecified atom stereocenters.